The quantitative estimate of drug-likeness (QED) is 0.770. The molecule has 0 bridgehead atoms. The fraction of sp³-hybridized carbons (Fsp3) is 0.143. The topological polar surface area (TPSA) is 72.7 Å². The van der Waals surface area contributed by atoms with Gasteiger partial charge in [0.2, 0.25) is 5.95 Å². The summed E-state index contributed by atoms with van der Waals surface area (Å²) in [7, 11) is 1.72. The molecule has 6 nitrogen and oxygen atoms in total. The van der Waals surface area contributed by atoms with Crippen molar-refractivity contribution in [2.45, 2.75) is 6.92 Å². The molecule has 20 heavy (non-hydrogen) atoms. The smallest absolute Gasteiger partial charge is 0.258 e. The molecule has 0 spiro atoms. The Morgan fingerprint density at radius 3 is 2.85 bits per heavy atom. The third kappa shape index (κ3) is 2.01. The van der Waals surface area contributed by atoms with Crippen LogP contribution in [0.15, 0.2) is 36.8 Å². The number of nitrogens with zero attached hydrogens (tertiary/aromatic N) is 4. The molecular formula is C14H13N5O. The highest BCUT2D eigenvalue weighted by molar-refractivity contribution is 6.07. The Kier molecular flexibility index (Phi) is 2.90. The summed E-state index contributed by atoms with van der Waals surface area (Å²) in [5.41, 5.74) is 2.38. The maximum absolute atomic E-state index is 12.3. The van der Waals surface area contributed by atoms with Gasteiger partial charge < -0.3 is 0 Å². The lowest BCUT2D eigenvalue weighted by Crippen LogP contribution is -2.16. The molecule has 0 atom stereocenters. The van der Waals surface area contributed by atoms with Gasteiger partial charge in [-0.05, 0) is 30.7 Å². The summed E-state index contributed by atoms with van der Waals surface area (Å²) in [5.74, 6) is 0.213. The molecule has 0 saturated carbocycles. The first-order valence-electron chi connectivity index (χ1n) is 6.16. The fourth-order valence-electron chi connectivity index (χ4n) is 2.12. The van der Waals surface area contributed by atoms with Crippen LogP contribution in [0.25, 0.3) is 10.9 Å². The average molecular weight is 267 g/mol. The first kappa shape index (κ1) is 12.3. The summed E-state index contributed by atoms with van der Waals surface area (Å²) < 4.78 is 1.51. The Balaban J connectivity index is 2.00. The summed E-state index contributed by atoms with van der Waals surface area (Å²) in [6.07, 6.45) is 3.13. The molecule has 1 amide bonds. The second-order valence-corrected chi connectivity index (χ2v) is 4.47. The Morgan fingerprint density at radius 1 is 1.25 bits per heavy atom. The zero-order valence-electron chi connectivity index (χ0n) is 11.2. The molecule has 0 aliphatic rings. The van der Waals surface area contributed by atoms with Crippen molar-refractivity contribution in [2.75, 3.05) is 5.32 Å². The molecule has 6 heteroatoms. The highest BCUT2D eigenvalue weighted by atomic mass is 16.1. The number of benzene rings is 1. The molecule has 3 rings (SSSR count). The number of hydrogen-bond acceptors (Lipinski definition) is 4. The SMILES string of the molecule is Cc1c(C(=O)Nc2ncnn2C)ccc2ncccc12. The largest absolute Gasteiger partial charge is 0.291 e. The number of pyridine rings is 1. The highest BCUT2D eigenvalue weighted by Gasteiger charge is 2.13. The first-order valence-corrected chi connectivity index (χ1v) is 6.16. The van der Waals surface area contributed by atoms with E-state index in [2.05, 4.69) is 20.4 Å². The molecule has 0 fully saturated rings. The molecule has 1 aromatic carbocycles. The van der Waals surface area contributed by atoms with Crippen LogP contribution in [0.3, 0.4) is 0 Å². The first-order chi connectivity index (χ1) is 9.66. The van der Waals surface area contributed by atoms with Crippen molar-refractivity contribution < 1.29 is 4.79 Å². The Labute approximate surface area is 115 Å². The lowest BCUT2D eigenvalue weighted by Gasteiger charge is -2.09. The lowest BCUT2D eigenvalue weighted by atomic mass is 10.0. The second kappa shape index (κ2) is 4.73. The van der Waals surface area contributed by atoms with E-state index in [1.165, 1.54) is 11.0 Å². The monoisotopic (exact) mass is 267 g/mol. The van der Waals surface area contributed by atoms with Crippen LogP contribution in [0.5, 0.6) is 0 Å². The van der Waals surface area contributed by atoms with Gasteiger partial charge in [-0.15, -0.1) is 0 Å². The van der Waals surface area contributed by atoms with E-state index in [1.54, 1.807) is 19.3 Å². The number of carbonyl (C=O) groups is 1. The van der Waals surface area contributed by atoms with E-state index in [1.807, 2.05) is 25.1 Å². The fourth-order valence-corrected chi connectivity index (χ4v) is 2.12. The van der Waals surface area contributed by atoms with Crippen LogP contribution in [-0.2, 0) is 7.05 Å². The molecule has 2 aromatic heterocycles. The van der Waals surface area contributed by atoms with E-state index < -0.39 is 0 Å². The van der Waals surface area contributed by atoms with E-state index in [0.29, 0.717) is 11.5 Å². The minimum absolute atomic E-state index is 0.204. The summed E-state index contributed by atoms with van der Waals surface area (Å²) in [4.78, 5) is 20.6. The van der Waals surface area contributed by atoms with Gasteiger partial charge in [0.15, 0.2) is 0 Å². The standard InChI is InChI=1S/C14H13N5O/c1-9-10-4-3-7-15-12(10)6-5-11(9)13(20)18-14-16-8-17-19(14)2/h3-8H,1-2H3,(H,16,17,18,20). The predicted molar refractivity (Wildman–Crippen MR) is 75.4 cm³/mol. The summed E-state index contributed by atoms with van der Waals surface area (Å²) in [6.45, 7) is 1.91. The number of aryl methyl sites for hydroxylation is 2. The summed E-state index contributed by atoms with van der Waals surface area (Å²) >= 11 is 0. The van der Waals surface area contributed by atoms with Gasteiger partial charge in [0.25, 0.3) is 5.91 Å². The van der Waals surface area contributed by atoms with E-state index in [4.69, 9.17) is 0 Å². The number of carbonyl (C=O) groups excluding carboxylic acids is 1. The van der Waals surface area contributed by atoms with E-state index in [0.717, 1.165) is 16.5 Å². The van der Waals surface area contributed by atoms with Crippen LogP contribution in [0.1, 0.15) is 15.9 Å². The van der Waals surface area contributed by atoms with Crippen LogP contribution in [-0.4, -0.2) is 25.7 Å². The van der Waals surface area contributed by atoms with Crippen molar-refractivity contribution >= 4 is 22.8 Å². The predicted octanol–water partition coefficient (Wildman–Crippen LogP) is 1.92. The maximum Gasteiger partial charge on any atom is 0.258 e. The van der Waals surface area contributed by atoms with Gasteiger partial charge in [0.05, 0.1) is 5.52 Å². The molecule has 0 unspecified atom stereocenters. The molecule has 100 valence electrons. The molecule has 1 N–H and O–H groups in total. The molecule has 2 heterocycles. The number of aromatic nitrogens is 4. The molecular weight excluding hydrogens is 254 g/mol. The van der Waals surface area contributed by atoms with Gasteiger partial charge >= 0.3 is 0 Å². The van der Waals surface area contributed by atoms with Gasteiger partial charge in [-0.25, -0.2) is 4.68 Å². The number of anilines is 1. The van der Waals surface area contributed by atoms with E-state index in [9.17, 15) is 4.79 Å². The molecule has 0 aliphatic heterocycles. The third-order valence-electron chi connectivity index (χ3n) is 3.24. The zero-order valence-corrected chi connectivity index (χ0v) is 11.2. The van der Waals surface area contributed by atoms with Gasteiger partial charge in [0, 0.05) is 24.2 Å². The second-order valence-electron chi connectivity index (χ2n) is 4.47. The van der Waals surface area contributed by atoms with E-state index >= 15 is 0 Å². The molecule has 0 radical (unpaired) electrons. The van der Waals surface area contributed by atoms with Gasteiger partial charge in [-0.3, -0.25) is 15.1 Å². The van der Waals surface area contributed by atoms with Crippen LogP contribution in [0.4, 0.5) is 5.95 Å². The van der Waals surface area contributed by atoms with Gasteiger partial charge in [-0.2, -0.15) is 10.1 Å². The molecule has 3 aromatic rings. The summed E-state index contributed by atoms with van der Waals surface area (Å²) in [5, 5.41) is 7.63. The van der Waals surface area contributed by atoms with Gasteiger partial charge in [0.1, 0.15) is 6.33 Å². The number of amides is 1. The van der Waals surface area contributed by atoms with Crippen molar-refractivity contribution in [3.05, 3.63) is 47.9 Å². The maximum atomic E-state index is 12.3. The number of nitrogens with one attached hydrogen (secondary N) is 1. The Hall–Kier alpha value is -2.76. The van der Waals surface area contributed by atoms with Crippen molar-refractivity contribution in [1.29, 1.82) is 0 Å². The highest BCUT2D eigenvalue weighted by Crippen LogP contribution is 2.20. The Bertz CT molecular complexity index is 793. The van der Waals surface area contributed by atoms with Crippen molar-refractivity contribution in [2.24, 2.45) is 7.05 Å². The molecule has 0 aliphatic carbocycles. The van der Waals surface area contributed by atoms with Crippen molar-refractivity contribution in [1.82, 2.24) is 19.7 Å². The number of rotatable bonds is 2. The third-order valence-corrected chi connectivity index (χ3v) is 3.24. The zero-order chi connectivity index (χ0) is 14.1. The minimum atomic E-state index is -0.204. The lowest BCUT2D eigenvalue weighted by molar-refractivity contribution is 0.102. The van der Waals surface area contributed by atoms with E-state index in [-0.39, 0.29) is 5.91 Å². The van der Waals surface area contributed by atoms with Crippen LogP contribution >= 0.6 is 0 Å². The van der Waals surface area contributed by atoms with Crippen LogP contribution in [0, 0.1) is 6.92 Å². The van der Waals surface area contributed by atoms with Crippen molar-refractivity contribution in [3.63, 3.8) is 0 Å². The average Bonchev–Trinajstić information content (AvgIpc) is 2.85. The normalized spacial score (nSPS) is 10.7. The van der Waals surface area contributed by atoms with Crippen LogP contribution < -0.4 is 5.32 Å². The number of fused-ring (bicyclic) bond motifs is 1. The van der Waals surface area contributed by atoms with Crippen LogP contribution in [0.2, 0.25) is 0 Å². The minimum Gasteiger partial charge on any atom is -0.291 e. The summed E-state index contributed by atoms with van der Waals surface area (Å²) in [6, 6.07) is 7.43. The van der Waals surface area contributed by atoms with Gasteiger partial charge in [-0.1, -0.05) is 6.07 Å². The van der Waals surface area contributed by atoms with Crippen molar-refractivity contribution in [3.8, 4) is 0 Å². The molecule has 0 saturated heterocycles. The Morgan fingerprint density at radius 2 is 2.10 bits per heavy atom. The number of hydrogen-bond donors (Lipinski definition) is 1.